The SMILES string of the molecule is Cc1cc(N)c(F)cc1C(O)C(O)CS. The van der Waals surface area contributed by atoms with Gasteiger partial charge in [0.2, 0.25) is 0 Å². The predicted molar refractivity (Wildman–Crippen MR) is 60.4 cm³/mol. The fourth-order valence-corrected chi connectivity index (χ4v) is 1.54. The Morgan fingerprint density at radius 2 is 2.07 bits per heavy atom. The Kier molecular flexibility index (Phi) is 3.96. The summed E-state index contributed by atoms with van der Waals surface area (Å²) in [5.74, 6) is -0.493. The van der Waals surface area contributed by atoms with Crippen molar-refractivity contribution in [2.24, 2.45) is 0 Å². The van der Waals surface area contributed by atoms with Gasteiger partial charge in [-0.25, -0.2) is 4.39 Å². The third-order valence-corrected chi connectivity index (χ3v) is 2.63. The molecule has 1 aromatic rings. The minimum Gasteiger partial charge on any atom is -0.396 e. The summed E-state index contributed by atoms with van der Waals surface area (Å²) in [7, 11) is 0. The van der Waals surface area contributed by atoms with Crippen LogP contribution in [0.25, 0.3) is 0 Å². The standard InChI is InChI=1S/C10H14FNO2S/c1-5-2-8(12)7(11)3-6(5)10(14)9(13)4-15/h2-3,9-10,13-15H,4,12H2,1H3. The van der Waals surface area contributed by atoms with Gasteiger partial charge in [0, 0.05) is 5.75 Å². The van der Waals surface area contributed by atoms with Gasteiger partial charge in [-0.1, -0.05) is 0 Å². The summed E-state index contributed by atoms with van der Waals surface area (Å²) in [5, 5.41) is 19.1. The van der Waals surface area contributed by atoms with Gasteiger partial charge in [0.1, 0.15) is 11.9 Å². The van der Waals surface area contributed by atoms with Crippen LogP contribution in [-0.2, 0) is 0 Å². The molecule has 0 spiro atoms. The van der Waals surface area contributed by atoms with Crippen LogP contribution in [0, 0.1) is 12.7 Å². The summed E-state index contributed by atoms with van der Waals surface area (Å²) in [6.45, 7) is 1.69. The second kappa shape index (κ2) is 4.83. The van der Waals surface area contributed by atoms with Crippen molar-refractivity contribution in [3.05, 3.63) is 29.1 Å². The molecule has 5 heteroatoms. The van der Waals surface area contributed by atoms with Crippen LogP contribution < -0.4 is 5.73 Å². The molecule has 0 aromatic heterocycles. The number of halogens is 1. The van der Waals surface area contributed by atoms with E-state index in [9.17, 15) is 14.6 Å². The fraction of sp³-hybridized carbons (Fsp3) is 0.400. The van der Waals surface area contributed by atoms with E-state index in [4.69, 9.17) is 5.73 Å². The highest BCUT2D eigenvalue weighted by atomic mass is 32.1. The molecule has 2 unspecified atom stereocenters. The lowest BCUT2D eigenvalue weighted by atomic mass is 9.99. The molecule has 0 aliphatic rings. The van der Waals surface area contributed by atoms with E-state index in [0.717, 1.165) is 6.07 Å². The number of aryl methyl sites for hydroxylation is 1. The molecular weight excluding hydrogens is 217 g/mol. The summed E-state index contributed by atoms with van der Waals surface area (Å²) in [4.78, 5) is 0. The molecule has 0 saturated carbocycles. The number of rotatable bonds is 3. The van der Waals surface area contributed by atoms with E-state index in [2.05, 4.69) is 12.6 Å². The average molecular weight is 231 g/mol. The monoisotopic (exact) mass is 231 g/mol. The van der Waals surface area contributed by atoms with Gasteiger partial charge in [-0.2, -0.15) is 12.6 Å². The fourth-order valence-electron chi connectivity index (χ4n) is 1.34. The van der Waals surface area contributed by atoms with Crippen molar-refractivity contribution in [1.29, 1.82) is 0 Å². The average Bonchev–Trinajstić information content (AvgIpc) is 2.21. The smallest absolute Gasteiger partial charge is 0.146 e. The molecule has 1 aromatic carbocycles. The number of benzene rings is 1. The van der Waals surface area contributed by atoms with Crippen molar-refractivity contribution in [2.45, 2.75) is 19.1 Å². The lowest BCUT2D eigenvalue weighted by Crippen LogP contribution is -2.20. The summed E-state index contributed by atoms with van der Waals surface area (Å²) in [5.41, 5.74) is 6.37. The Hall–Kier alpha value is -0.780. The van der Waals surface area contributed by atoms with Gasteiger partial charge in [0.05, 0.1) is 11.8 Å². The first-order valence-corrected chi connectivity index (χ1v) is 5.13. The van der Waals surface area contributed by atoms with Gasteiger partial charge < -0.3 is 15.9 Å². The maximum atomic E-state index is 13.2. The van der Waals surface area contributed by atoms with Gasteiger partial charge in [-0.3, -0.25) is 0 Å². The number of nitrogen functional groups attached to an aromatic ring is 1. The van der Waals surface area contributed by atoms with Gasteiger partial charge in [-0.05, 0) is 30.2 Å². The first kappa shape index (κ1) is 12.3. The van der Waals surface area contributed by atoms with Gasteiger partial charge in [0.25, 0.3) is 0 Å². The molecule has 2 atom stereocenters. The van der Waals surface area contributed by atoms with Gasteiger partial charge >= 0.3 is 0 Å². The zero-order valence-electron chi connectivity index (χ0n) is 8.31. The maximum absolute atomic E-state index is 13.2. The van der Waals surface area contributed by atoms with Crippen LogP contribution in [0.5, 0.6) is 0 Å². The predicted octanol–water partition coefficient (Wildman–Crippen LogP) is 1.04. The van der Waals surface area contributed by atoms with E-state index >= 15 is 0 Å². The van der Waals surface area contributed by atoms with Gasteiger partial charge in [0.15, 0.2) is 0 Å². The molecule has 0 amide bonds. The van der Waals surface area contributed by atoms with Crippen molar-refractivity contribution in [3.63, 3.8) is 0 Å². The van der Waals surface area contributed by atoms with Crippen LogP contribution in [-0.4, -0.2) is 22.1 Å². The Balaban J connectivity index is 3.09. The van der Waals surface area contributed by atoms with Crippen LogP contribution in [0.4, 0.5) is 10.1 Å². The minimum atomic E-state index is -1.14. The molecule has 15 heavy (non-hydrogen) atoms. The lowest BCUT2D eigenvalue weighted by molar-refractivity contribution is 0.0332. The number of aliphatic hydroxyl groups excluding tert-OH is 2. The first-order chi connectivity index (χ1) is 6.97. The zero-order valence-corrected chi connectivity index (χ0v) is 9.21. The number of hydrogen-bond donors (Lipinski definition) is 4. The molecule has 0 fully saturated rings. The van der Waals surface area contributed by atoms with Crippen LogP contribution in [0.15, 0.2) is 12.1 Å². The molecule has 0 bridgehead atoms. The van der Waals surface area contributed by atoms with Crippen molar-refractivity contribution in [3.8, 4) is 0 Å². The highest BCUT2D eigenvalue weighted by Crippen LogP contribution is 2.25. The van der Waals surface area contributed by atoms with Crippen molar-refractivity contribution >= 4 is 18.3 Å². The quantitative estimate of drug-likeness (QED) is 0.464. The van der Waals surface area contributed by atoms with Crippen LogP contribution in [0.2, 0.25) is 0 Å². The number of anilines is 1. The van der Waals surface area contributed by atoms with Crippen molar-refractivity contribution in [1.82, 2.24) is 0 Å². The lowest BCUT2D eigenvalue weighted by Gasteiger charge is -2.18. The topological polar surface area (TPSA) is 66.5 Å². The van der Waals surface area contributed by atoms with Gasteiger partial charge in [-0.15, -0.1) is 0 Å². The van der Waals surface area contributed by atoms with Crippen molar-refractivity contribution < 1.29 is 14.6 Å². The van der Waals surface area contributed by atoms with E-state index in [1.165, 1.54) is 6.07 Å². The summed E-state index contributed by atoms with van der Waals surface area (Å²) < 4.78 is 13.2. The third kappa shape index (κ3) is 2.62. The maximum Gasteiger partial charge on any atom is 0.146 e. The van der Waals surface area contributed by atoms with E-state index in [1.54, 1.807) is 6.92 Å². The molecule has 0 saturated heterocycles. The van der Waals surface area contributed by atoms with Crippen LogP contribution in [0.3, 0.4) is 0 Å². The molecule has 0 aliphatic heterocycles. The molecule has 4 N–H and O–H groups in total. The van der Waals surface area contributed by atoms with Crippen LogP contribution in [0.1, 0.15) is 17.2 Å². The minimum absolute atomic E-state index is 0.0313. The molecule has 0 aliphatic carbocycles. The summed E-state index contributed by atoms with van der Waals surface area (Å²) in [6, 6.07) is 2.57. The second-order valence-corrected chi connectivity index (χ2v) is 3.79. The van der Waals surface area contributed by atoms with Crippen LogP contribution >= 0.6 is 12.6 Å². The Morgan fingerprint density at radius 3 is 2.60 bits per heavy atom. The molecule has 1 rings (SSSR count). The second-order valence-electron chi connectivity index (χ2n) is 3.43. The Morgan fingerprint density at radius 1 is 1.47 bits per heavy atom. The number of hydrogen-bond acceptors (Lipinski definition) is 4. The van der Waals surface area contributed by atoms with E-state index in [1.807, 2.05) is 0 Å². The molecule has 3 nitrogen and oxygen atoms in total. The number of nitrogens with two attached hydrogens (primary N) is 1. The molecule has 0 heterocycles. The normalized spacial score (nSPS) is 15.0. The first-order valence-electron chi connectivity index (χ1n) is 4.50. The molecule has 0 radical (unpaired) electrons. The van der Waals surface area contributed by atoms with E-state index in [0.29, 0.717) is 11.1 Å². The third-order valence-electron chi connectivity index (χ3n) is 2.26. The highest BCUT2D eigenvalue weighted by molar-refractivity contribution is 7.80. The van der Waals surface area contributed by atoms with Crippen molar-refractivity contribution in [2.75, 3.05) is 11.5 Å². The highest BCUT2D eigenvalue weighted by Gasteiger charge is 2.20. The summed E-state index contributed by atoms with van der Waals surface area (Å²) in [6.07, 6.45) is -2.16. The Bertz CT molecular complexity index is 360. The molecule has 84 valence electrons. The summed E-state index contributed by atoms with van der Waals surface area (Å²) >= 11 is 3.86. The molecular formula is C10H14FNO2S. The largest absolute Gasteiger partial charge is 0.396 e. The zero-order chi connectivity index (χ0) is 11.6. The Labute approximate surface area is 93.1 Å². The number of aliphatic hydroxyl groups is 2. The number of thiol groups is 1. The van der Waals surface area contributed by atoms with E-state index < -0.39 is 18.0 Å². The van der Waals surface area contributed by atoms with E-state index in [-0.39, 0.29) is 11.4 Å².